The van der Waals surface area contributed by atoms with Crippen LogP contribution in [0.3, 0.4) is 0 Å². The van der Waals surface area contributed by atoms with Crippen molar-refractivity contribution in [1.82, 2.24) is 9.88 Å². The fourth-order valence-corrected chi connectivity index (χ4v) is 6.37. The van der Waals surface area contributed by atoms with Crippen LogP contribution in [0, 0.1) is 0 Å². The third kappa shape index (κ3) is 5.43. The van der Waals surface area contributed by atoms with Gasteiger partial charge in [-0.25, -0.2) is 0 Å². The van der Waals surface area contributed by atoms with Crippen LogP contribution >= 0.6 is 22.9 Å². The maximum Gasteiger partial charge on any atom is 0.186 e. The molecular weight excluding hydrogens is 536 g/mol. The Balaban J connectivity index is 1.24. The largest absolute Gasteiger partial charge is 0.388 e. The molecule has 9 heteroatoms. The van der Waals surface area contributed by atoms with E-state index in [9.17, 15) is 20.1 Å². The number of carbonyl (C=O) groups is 1. The zero-order valence-electron chi connectivity index (χ0n) is 21.2. The number of aromatic nitrogens is 1. The standard InChI is InChI=1S/C30H31ClN2O5S/c31-21-3-1-4-22-26(21)20(13-17-6-8-18(9-7-17)19-10-11-19)16-33(22)30-29(37)28(36)27(35)24(38-30)15-32-14-23(34)25-5-2-12-39-25/h1-9,12,16,19,24,27-30,32,35-37H,10-11,13-15H2/t24-,27-,28+,29-,30-/m1/s1. The summed E-state index contributed by atoms with van der Waals surface area (Å²) in [7, 11) is 0. The predicted molar refractivity (Wildman–Crippen MR) is 152 cm³/mol. The number of ether oxygens (including phenoxy) is 1. The molecule has 2 aromatic carbocycles. The van der Waals surface area contributed by atoms with E-state index in [-0.39, 0.29) is 18.9 Å². The van der Waals surface area contributed by atoms with Gasteiger partial charge < -0.3 is 29.9 Å². The summed E-state index contributed by atoms with van der Waals surface area (Å²) in [6.07, 6.45) is -0.869. The average Bonchev–Trinajstić information content (AvgIpc) is 3.50. The Kier molecular flexibility index (Phi) is 7.61. The number of rotatable bonds is 9. The first-order valence-corrected chi connectivity index (χ1v) is 14.5. The summed E-state index contributed by atoms with van der Waals surface area (Å²) in [4.78, 5) is 13.0. The van der Waals surface area contributed by atoms with Crippen molar-refractivity contribution >= 4 is 39.6 Å². The van der Waals surface area contributed by atoms with Crippen LogP contribution < -0.4 is 5.32 Å². The number of hydrogen-bond donors (Lipinski definition) is 4. The summed E-state index contributed by atoms with van der Waals surface area (Å²) < 4.78 is 7.98. The Labute approximate surface area is 235 Å². The molecule has 4 N–H and O–H groups in total. The van der Waals surface area contributed by atoms with Crippen LogP contribution in [0.2, 0.25) is 5.02 Å². The quantitative estimate of drug-likeness (QED) is 0.226. The van der Waals surface area contributed by atoms with Crippen molar-refractivity contribution in [3.63, 3.8) is 0 Å². The molecule has 0 spiro atoms. The second-order valence-electron chi connectivity index (χ2n) is 10.5. The summed E-state index contributed by atoms with van der Waals surface area (Å²) in [5.41, 5.74) is 4.26. The monoisotopic (exact) mass is 566 g/mol. The molecule has 0 unspecified atom stereocenters. The molecule has 2 aromatic heterocycles. The molecule has 1 saturated carbocycles. The van der Waals surface area contributed by atoms with Crippen LogP contribution in [0.4, 0.5) is 0 Å². The van der Waals surface area contributed by atoms with Crippen molar-refractivity contribution in [2.45, 2.75) is 55.8 Å². The number of fused-ring (bicyclic) bond motifs is 1. The number of nitrogens with one attached hydrogen (secondary N) is 1. The lowest BCUT2D eigenvalue weighted by Gasteiger charge is -2.41. The van der Waals surface area contributed by atoms with Gasteiger partial charge in [-0.15, -0.1) is 11.3 Å². The van der Waals surface area contributed by atoms with Gasteiger partial charge in [0.2, 0.25) is 0 Å². The second-order valence-corrected chi connectivity index (χ2v) is 11.8. The molecule has 0 bridgehead atoms. The molecule has 2 aliphatic rings. The van der Waals surface area contributed by atoms with Crippen LogP contribution in [0.25, 0.3) is 10.9 Å². The van der Waals surface area contributed by atoms with Gasteiger partial charge in [0.15, 0.2) is 12.0 Å². The van der Waals surface area contributed by atoms with Crippen LogP contribution in [0.5, 0.6) is 0 Å². The van der Waals surface area contributed by atoms with E-state index < -0.39 is 30.6 Å². The Morgan fingerprint density at radius 1 is 1.03 bits per heavy atom. The summed E-state index contributed by atoms with van der Waals surface area (Å²) in [5.74, 6) is 0.631. The van der Waals surface area contributed by atoms with Gasteiger partial charge in [0.05, 0.1) is 22.0 Å². The van der Waals surface area contributed by atoms with Gasteiger partial charge in [0.1, 0.15) is 24.4 Å². The maximum atomic E-state index is 12.4. The average molecular weight is 567 g/mol. The van der Waals surface area contributed by atoms with E-state index in [0.29, 0.717) is 22.2 Å². The Morgan fingerprint density at radius 3 is 2.54 bits per heavy atom. The lowest BCUT2D eigenvalue weighted by atomic mass is 9.97. The third-order valence-corrected chi connectivity index (χ3v) is 8.92. The van der Waals surface area contributed by atoms with Gasteiger partial charge in [-0.05, 0) is 65.4 Å². The first kappa shape index (κ1) is 26.7. The number of Topliss-reactive ketones (excluding diaryl/α,β-unsaturated/α-hetero) is 1. The van der Waals surface area contributed by atoms with Crippen molar-refractivity contribution in [2.75, 3.05) is 13.1 Å². The highest BCUT2D eigenvalue weighted by Crippen LogP contribution is 2.40. The number of hydrogen-bond acceptors (Lipinski definition) is 7. The molecule has 204 valence electrons. The maximum absolute atomic E-state index is 12.4. The van der Waals surface area contributed by atoms with Crippen LogP contribution in [0.1, 0.15) is 51.3 Å². The number of benzene rings is 2. The summed E-state index contributed by atoms with van der Waals surface area (Å²) in [6, 6.07) is 17.9. The van der Waals surface area contributed by atoms with Gasteiger partial charge in [0, 0.05) is 18.1 Å². The lowest BCUT2D eigenvalue weighted by molar-refractivity contribution is -0.242. The molecule has 1 saturated heterocycles. The molecule has 1 aliphatic heterocycles. The molecule has 4 aromatic rings. The molecule has 0 amide bonds. The van der Waals surface area contributed by atoms with Crippen LogP contribution in [0.15, 0.2) is 66.2 Å². The fraction of sp³-hybridized carbons (Fsp3) is 0.367. The number of carbonyl (C=O) groups excluding carboxylic acids is 1. The highest BCUT2D eigenvalue weighted by Gasteiger charge is 2.44. The van der Waals surface area contributed by atoms with Gasteiger partial charge in [-0.2, -0.15) is 0 Å². The third-order valence-electron chi connectivity index (χ3n) is 7.70. The smallest absolute Gasteiger partial charge is 0.186 e. The van der Waals surface area contributed by atoms with Gasteiger partial charge in [-0.1, -0.05) is 48.0 Å². The minimum atomic E-state index is -1.43. The van der Waals surface area contributed by atoms with E-state index in [1.165, 1.54) is 29.7 Å². The van der Waals surface area contributed by atoms with Gasteiger partial charge in [0.25, 0.3) is 0 Å². The molecule has 5 atom stereocenters. The van der Waals surface area contributed by atoms with E-state index in [0.717, 1.165) is 22.0 Å². The van der Waals surface area contributed by atoms with E-state index >= 15 is 0 Å². The topological polar surface area (TPSA) is 104 Å². The van der Waals surface area contributed by atoms with Crippen molar-refractivity contribution in [2.24, 2.45) is 0 Å². The molecule has 2 fully saturated rings. The lowest BCUT2D eigenvalue weighted by Crippen LogP contribution is -2.58. The molecule has 7 nitrogen and oxygen atoms in total. The second kappa shape index (κ2) is 11.1. The van der Waals surface area contributed by atoms with E-state index in [1.54, 1.807) is 10.6 Å². The van der Waals surface area contributed by atoms with Crippen LogP contribution in [-0.2, 0) is 11.2 Å². The van der Waals surface area contributed by atoms with E-state index in [2.05, 4.69) is 29.6 Å². The minimum Gasteiger partial charge on any atom is -0.388 e. The number of thiophene rings is 1. The highest BCUT2D eigenvalue weighted by molar-refractivity contribution is 7.12. The summed E-state index contributed by atoms with van der Waals surface area (Å²) >= 11 is 8.03. The van der Waals surface area contributed by atoms with Gasteiger partial charge >= 0.3 is 0 Å². The number of nitrogens with zero attached hydrogens (tertiary/aromatic N) is 1. The van der Waals surface area contributed by atoms with E-state index in [4.69, 9.17) is 16.3 Å². The Morgan fingerprint density at radius 2 is 1.82 bits per heavy atom. The molecule has 0 radical (unpaired) electrons. The highest BCUT2D eigenvalue weighted by atomic mass is 35.5. The van der Waals surface area contributed by atoms with Crippen molar-refractivity contribution in [3.8, 4) is 0 Å². The molecule has 1 aliphatic carbocycles. The summed E-state index contributed by atoms with van der Waals surface area (Å²) in [5, 5.41) is 38.7. The Hall–Kier alpha value is -2.56. The van der Waals surface area contributed by atoms with Crippen molar-refractivity contribution in [1.29, 1.82) is 0 Å². The zero-order valence-corrected chi connectivity index (χ0v) is 22.8. The number of ketones is 1. The number of aliphatic hydroxyl groups excluding tert-OH is 3. The van der Waals surface area contributed by atoms with E-state index in [1.807, 2.05) is 35.8 Å². The zero-order chi connectivity index (χ0) is 27.1. The predicted octanol–water partition coefficient (Wildman–Crippen LogP) is 4.28. The molecule has 39 heavy (non-hydrogen) atoms. The molecule has 6 rings (SSSR count). The SMILES string of the molecule is O=C(CNC[C@H]1O[C@@H](n2cc(Cc3ccc(C4CC4)cc3)c3c(Cl)cccc32)[C@H](O)[C@@H](O)[C@@H]1O)c1cccs1. The normalized spacial score (nSPS) is 25.3. The summed E-state index contributed by atoms with van der Waals surface area (Å²) in [6.45, 7) is 0.195. The fourth-order valence-electron chi connectivity index (χ4n) is 5.42. The molecule has 3 heterocycles. The van der Waals surface area contributed by atoms with Gasteiger partial charge in [-0.3, -0.25) is 4.79 Å². The van der Waals surface area contributed by atoms with Crippen LogP contribution in [-0.4, -0.2) is 63.2 Å². The first-order valence-electron chi connectivity index (χ1n) is 13.2. The van der Waals surface area contributed by atoms with Crippen molar-refractivity contribution < 1.29 is 24.9 Å². The Bertz CT molecular complexity index is 1450. The first-order chi connectivity index (χ1) is 18.9. The number of aliphatic hydroxyl groups is 3. The molecular formula is C30H31ClN2O5S. The minimum absolute atomic E-state index is 0.0618. The number of halogens is 1. The van der Waals surface area contributed by atoms with Crippen molar-refractivity contribution in [3.05, 3.63) is 92.8 Å².